The van der Waals surface area contributed by atoms with Crippen LogP contribution in [0.2, 0.25) is 5.02 Å². The molecule has 1 amide bonds. The van der Waals surface area contributed by atoms with Gasteiger partial charge in [-0.05, 0) is 37.1 Å². The number of benzene rings is 2. The molecule has 1 fully saturated rings. The third-order valence-corrected chi connectivity index (χ3v) is 5.14. The predicted molar refractivity (Wildman–Crippen MR) is 118 cm³/mol. The number of aromatic nitrogens is 2. The highest BCUT2D eigenvalue weighted by atomic mass is 35.5. The lowest BCUT2D eigenvalue weighted by molar-refractivity contribution is 0.102. The van der Waals surface area contributed by atoms with E-state index in [1.165, 1.54) is 32.4 Å². The van der Waals surface area contributed by atoms with Crippen molar-refractivity contribution in [2.75, 3.05) is 18.2 Å². The topological polar surface area (TPSA) is 93.0 Å². The number of carbonyl (C=O) groups is 1. The number of ether oxygens (including phenoxy) is 1. The molecule has 1 saturated carbocycles. The van der Waals surface area contributed by atoms with E-state index >= 15 is 0 Å². The monoisotopic (exact) mass is 442 g/mol. The highest BCUT2D eigenvalue weighted by molar-refractivity contribution is 6.33. The second-order valence-electron chi connectivity index (χ2n) is 6.51. The molecule has 1 aliphatic rings. The molecular formula is C19H21Cl3N4O2. The smallest absolute Gasteiger partial charge is 0.259 e. The Morgan fingerprint density at radius 1 is 1.29 bits per heavy atom. The summed E-state index contributed by atoms with van der Waals surface area (Å²) in [6, 6.07) is 8.66. The van der Waals surface area contributed by atoms with E-state index in [0.717, 1.165) is 16.9 Å². The minimum atomic E-state index is -0.318. The van der Waals surface area contributed by atoms with Gasteiger partial charge in [0.2, 0.25) is 0 Å². The van der Waals surface area contributed by atoms with E-state index in [0.29, 0.717) is 33.6 Å². The number of aromatic amines is 1. The van der Waals surface area contributed by atoms with Gasteiger partial charge in [-0.25, -0.2) is 4.98 Å². The fraction of sp³-hybridized carbons (Fsp3) is 0.263. The Hall–Kier alpha value is -2.15. The van der Waals surface area contributed by atoms with Crippen LogP contribution in [0.1, 0.15) is 41.4 Å². The number of nitrogens with one attached hydrogen (secondary N) is 2. The quantitative estimate of drug-likeness (QED) is 0.485. The standard InChI is InChI=1S/C19H19ClN4O2.2ClH/c1-26-17-9-14(21)13(20)8-12(17)19(25)22-11-5-6-15-16(7-11)24-18(23-15)10-3-2-4-10;;/h5-10H,2-4,21H2,1H3,(H,22,25)(H,23,24);2*1H. The van der Waals surface area contributed by atoms with Gasteiger partial charge < -0.3 is 20.8 Å². The van der Waals surface area contributed by atoms with E-state index in [-0.39, 0.29) is 30.7 Å². The highest BCUT2D eigenvalue weighted by Crippen LogP contribution is 2.36. The van der Waals surface area contributed by atoms with E-state index in [1.807, 2.05) is 18.2 Å². The van der Waals surface area contributed by atoms with Crippen molar-refractivity contribution in [1.82, 2.24) is 9.97 Å². The Labute approximate surface area is 180 Å². The van der Waals surface area contributed by atoms with Crippen molar-refractivity contribution in [3.8, 4) is 5.75 Å². The van der Waals surface area contributed by atoms with Crippen LogP contribution in [0.15, 0.2) is 30.3 Å². The first-order valence-corrected chi connectivity index (χ1v) is 8.87. The summed E-state index contributed by atoms with van der Waals surface area (Å²) in [4.78, 5) is 20.7. The molecule has 28 heavy (non-hydrogen) atoms. The first-order valence-electron chi connectivity index (χ1n) is 8.49. The van der Waals surface area contributed by atoms with Crippen molar-refractivity contribution in [2.45, 2.75) is 25.2 Å². The van der Waals surface area contributed by atoms with Gasteiger partial charge in [-0.2, -0.15) is 0 Å². The number of halogens is 3. The van der Waals surface area contributed by atoms with Crippen LogP contribution in [0.4, 0.5) is 11.4 Å². The van der Waals surface area contributed by atoms with E-state index < -0.39 is 0 Å². The molecule has 2 aromatic carbocycles. The number of H-pyrrole nitrogens is 1. The summed E-state index contributed by atoms with van der Waals surface area (Å²) < 4.78 is 5.24. The van der Waals surface area contributed by atoms with Gasteiger partial charge in [0.1, 0.15) is 11.6 Å². The van der Waals surface area contributed by atoms with Gasteiger partial charge >= 0.3 is 0 Å². The van der Waals surface area contributed by atoms with Gasteiger partial charge in [0.05, 0.1) is 34.4 Å². The molecule has 0 aliphatic heterocycles. The minimum absolute atomic E-state index is 0. The Bertz CT molecular complexity index is 1000. The van der Waals surface area contributed by atoms with Crippen LogP contribution in [0.25, 0.3) is 11.0 Å². The van der Waals surface area contributed by atoms with Gasteiger partial charge in [-0.1, -0.05) is 18.0 Å². The van der Waals surface area contributed by atoms with Crippen molar-refractivity contribution in [2.24, 2.45) is 0 Å². The van der Waals surface area contributed by atoms with Crippen LogP contribution in [0.5, 0.6) is 5.75 Å². The number of hydrogen-bond donors (Lipinski definition) is 3. The average molecular weight is 444 g/mol. The SMILES string of the molecule is COc1cc(N)c(Cl)cc1C(=O)Nc1ccc2nc(C3CCC3)[nH]c2c1.Cl.Cl. The highest BCUT2D eigenvalue weighted by Gasteiger charge is 2.22. The lowest BCUT2D eigenvalue weighted by Crippen LogP contribution is -2.13. The lowest BCUT2D eigenvalue weighted by Gasteiger charge is -2.22. The van der Waals surface area contributed by atoms with E-state index in [9.17, 15) is 4.79 Å². The number of nitrogen functional groups attached to an aromatic ring is 1. The van der Waals surface area contributed by atoms with E-state index in [4.69, 9.17) is 22.1 Å². The summed E-state index contributed by atoms with van der Waals surface area (Å²) in [5, 5.41) is 3.18. The molecule has 6 nitrogen and oxygen atoms in total. The molecule has 0 bridgehead atoms. The molecule has 1 aliphatic carbocycles. The number of imidazole rings is 1. The Balaban J connectivity index is 0.00000140. The molecule has 4 N–H and O–H groups in total. The number of amides is 1. The van der Waals surface area contributed by atoms with Crippen LogP contribution in [0, 0.1) is 0 Å². The maximum Gasteiger partial charge on any atom is 0.259 e. The summed E-state index contributed by atoms with van der Waals surface area (Å²) in [6.45, 7) is 0. The molecule has 0 spiro atoms. The van der Waals surface area contributed by atoms with E-state index in [1.54, 1.807) is 6.07 Å². The minimum Gasteiger partial charge on any atom is -0.496 e. The molecule has 1 aromatic heterocycles. The normalized spacial score (nSPS) is 13.2. The Morgan fingerprint density at radius 2 is 2.04 bits per heavy atom. The summed E-state index contributed by atoms with van der Waals surface area (Å²) in [5.74, 6) is 1.62. The molecule has 4 rings (SSSR count). The van der Waals surface area contributed by atoms with Gasteiger partial charge in [0.15, 0.2) is 0 Å². The van der Waals surface area contributed by atoms with Gasteiger partial charge in [0.25, 0.3) is 5.91 Å². The number of nitrogens with zero attached hydrogens (tertiary/aromatic N) is 1. The second kappa shape index (κ2) is 8.90. The lowest BCUT2D eigenvalue weighted by atomic mass is 9.85. The zero-order chi connectivity index (χ0) is 18.3. The molecule has 150 valence electrons. The Kier molecular flexibility index (Phi) is 7.04. The first-order chi connectivity index (χ1) is 12.5. The summed E-state index contributed by atoms with van der Waals surface area (Å²) >= 11 is 6.05. The van der Waals surface area contributed by atoms with Gasteiger partial charge in [-0.15, -0.1) is 24.8 Å². The zero-order valence-corrected chi connectivity index (χ0v) is 17.5. The van der Waals surface area contributed by atoms with Crippen LogP contribution in [0.3, 0.4) is 0 Å². The van der Waals surface area contributed by atoms with Gasteiger partial charge in [-0.3, -0.25) is 4.79 Å². The third kappa shape index (κ3) is 4.14. The summed E-state index contributed by atoms with van der Waals surface area (Å²) in [6.07, 6.45) is 3.62. The molecule has 9 heteroatoms. The fourth-order valence-corrected chi connectivity index (χ4v) is 3.26. The number of methoxy groups -OCH3 is 1. The van der Waals surface area contributed by atoms with Crippen LogP contribution in [-0.2, 0) is 0 Å². The van der Waals surface area contributed by atoms with Crippen LogP contribution >= 0.6 is 36.4 Å². The number of carbonyl (C=O) groups excluding carboxylic acids is 1. The maximum absolute atomic E-state index is 12.6. The van der Waals surface area contributed by atoms with Crippen molar-refractivity contribution in [3.05, 3.63) is 46.7 Å². The van der Waals surface area contributed by atoms with Crippen molar-refractivity contribution < 1.29 is 9.53 Å². The van der Waals surface area contributed by atoms with Gasteiger partial charge in [0, 0.05) is 17.7 Å². The second-order valence-corrected chi connectivity index (χ2v) is 6.92. The average Bonchev–Trinajstić information content (AvgIpc) is 2.97. The molecule has 0 atom stereocenters. The largest absolute Gasteiger partial charge is 0.496 e. The molecular weight excluding hydrogens is 423 g/mol. The molecule has 0 saturated heterocycles. The number of rotatable bonds is 4. The third-order valence-electron chi connectivity index (χ3n) is 4.81. The number of nitrogens with two attached hydrogens (primary N) is 1. The van der Waals surface area contributed by atoms with Crippen LogP contribution < -0.4 is 15.8 Å². The number of anilines is 2. The summed E-state index contributed by atoms with van der Waals surface area (Å²) in [7, 11) is 1.48. The van der Waals surface area contributed by atoms with Crippen LogP contribution in [-0.4, -0.2) is 23.0 Å². The first kappa shape index (κ1) is 22.1. The molecule has 3 aromatic rings. The van der Waals surface area contributed by atoms with E-state index in [2.05, 4.69) is 15.3 Å². The number of fused-ring (bicyclic) bond motifs is 1. The molecule has 0 unspecified atom stereocenters. The van der Waals surface area contributed by atoms with Crippen molar-refractivity contribution >= 4 is 64.7 Å². The molecule has 0 radical (unpaired) electrons. The predicted octanol–water partition coefficient (Wildman–Crippen LogP) is 5.17. The zero-order valence-electron chi connectivity index (χ0n) is 15.1. The summed E-state index contributed by atoms with van der Waals surface area (Å²) in [5.41, 5.74) is 8.94. The molecule has 1 heterocycles. The Morgan fingerprint density at radius 3 is 2.68 bits per heavy atom. The number of hydrogen-bond acceptors (Lipinski definition) is 4. The van der Waals surface area contributed by atoms with Crippen molar-refractivity contribution in [1.29, 1.82) is 0 Å². The fourth-order valence-electron chi connectivity index (χ4n) is 3.10. The maximum atomic E-state index is 12.6. The van der Waals surface area contributed by atoms with Crippen molar-refractivity contribution in [3.63, 3.8) is 0 Å².